The van der Waals surface area contributed by atoms with Crippen LogP contribution < -0.4 is 10.1 Å². The Bertz CT molecular complexity index is 1670. The number of hydrogen-bond donors (Lipinski definition) is 3. The minimum atomic E-state index is -1.91. The van der Waals surface area contributed by atoms with Crippen LogP contribution in [0.2, 0.25) is 0 Å². The van der Waals surface area contributed by atoms with Gasteiger partial charge in [-0.15, -0.1) is 0 Å². The Labute approximate surface area is 285 Å². The molecule has 12 heteroatoms. The average molecular weight is 680 g/mol. The Balaban J connectivity index is 1.80. The lowest BCUT2D eigenvalue weighted by molar-refractivity contribution is -0.160. The molecule has 0 saturated heterocycles. The molecule has 5 rings (SSSR count). The van der Waals surface area contributed by atoms with Gasteiger partial charge in [-0.05, 0) is 31.6 Å². The second-order valence-electron chi connectivity index (χ2n) is 13.3. The van der Waals surface area contributed by atoms with Gasteiger partial charge in [0, 0.05) is 67.4 Å². The van der Waals surface area contributed by atoms with Crippen LogP contribution in [0.1, 0.15) is 85.1 Å². The molecule has 1 amide bonds. The zero-order valence-electron chi connectivity index (χ0n) is 29.2. The molecule has 0 unspecified atom stereocenters. The summed E-state index contributed by atoms with van der Waals surface area (Å²) in [7, 11) is 1.44. The van der Waals surface area contributed by atoms with Crippen molar-refractivity contribution in [1.29, 1.82) is 0 Å². The molecular formula is C37H45NO11. The Morgan fingerprint density at radius 3 is 2.27 bits per heavy atom. The van der Waals surface area contributed by atoms with Crippen molar-refractivity contribution in [2.24, 2.45) is 23.7 Å². The summed E-state index contributed by atoms with van der Waals surface area (Å²) in [6.45, 7) is 12.7. The Morgan fingerprint density at radius 1 is 0.959 bits per heavy atom. The van der Waals surface area contributed by atoms with Crippen LogP contribution in [0, 0.1) is 30.6 Å². The van der Waals surface area contributed by atoms with Gasteiger partial charge in [0.1, 0.15) is 11.9 Å². The van der Waals surface area contributed by atoms with Gasteiger partial charge >= 0.3 is 11.8 Å². The van der Waals surface area contributed by atoms with Gasteiger partial charge in [-0.1, -0.05) is 45.9 Å². The molecule has 12 nitrogen and oxygen atoms in total. The highest BCUT2D eigenvalue weighted by Gasteiger charge is 2.50. The first-order valence-electron chi connectivity index (χ1n) is 16.2. The van der Waals surface area contributed by atoms with Gasteiger partial charge in [-0.25, -0.2) is 0 Å². The van der Waals surface area contributed by atoms with E-state index in [0.717, 1.165) is 6.08 Å². The quantitative estimate of drug-likeness (QED) is 0.387. The average Bonchev–Trinajstić information content (AvgIpc) is 3.32. The van der Waals surface area contributed by atoms with E-state index in [0.29, 0.717) is 5.56 Å². The largest absolute Gasteiger partial charge is 0.462 e. The lowest BCUT2D eigenvalue weighted by Crippen LogP contribution is -2.46. The zero-order valence-corrected chi connectivity index (χ0v) is 29.2. The summed E-state index contributed by atoms with van der Waals surface area (Å²) in [5, 5.41) is 25.0. The fourth-order valence-corrected chi connectivity index (χ4v) is 6.56. The third-order valence-electron chi connectivity index (χ3n) is 9.62. The Kier molecular flexibility index (Phi) is 11.2. The Hall–Kier alpha value is -4.39. The number of ether oxygens (including phenoxy) is 4. The molecule has 4 aliphatic rings. The fourth-order valence-electron chi connectivity index (χ4n) is 6.56. The summed E-state index contributed by atoms with van der Waals surface area (Å²) in [5.41, 5.74) is 0.0858. The minimum Gasteiger partial charge on any atom is -0.462 e. The first-order valence-corrected chi connectivity index (χ1v) is 16.2. The molecule has 1 aromatic rings. The monoisotopic (exact) mass is 679 g/mol. The van der Waals surface area contributed by atoms with Crippen LogP contribution in [-0.2, 0) is 23.8 Å². The van der Waals surface area contributed by atoms with Crippen molar-refractivity contribution >= 4 is 29.2 Å². The molecular weight excluding hydrogens is 634 g/mol. The summed E-state index contributed by atoms with van der Waals surface area (Å²) in [5.74, 6) is -7.34. The number of aliphatic hydroxyl groups excluding tert-OH is 2. The molecule has 0 radical (unpaired) electrons. The second-order valence-corrected chi connectivity index (χ2v) is 13.3. The second kappa shape index (κ2) is 14.6. The lowest BCUT2D eigenvalue weighted by atomic mass is 9.78. The highest BCUT2D eigenvalue weighted by atomic mass is 16.7. The Morgan fingerprint density at radius 2 is 1.63 bits per heavy atom. The third-order valence-corrected chi connectivity index (χ3v) is 9.62. The van der Waals surface area contributed by atoms with Crippen LogP contribution in [0.15, 0.2) is 54.0 Å². The summed E-state index contributed by atoms with van der Waals surface area (Å²) < 4.78 is 23.2. The van der Waals surface area contributed by atoms with Crippen molar-refractivity contribution in [2.75, 3.05) is 7.11 Å². The van der Waals surface area contributed by atoms with Crippen molar-refractivity contribution in [3.05, 3.63) is 76.2 Å². The molecule has 9 atom stereocenters. The molecule has 0 fully saturated rings. The topological polar surface area (TPSA) is 175 Å². The number of aliphatic hydroxyl groups is 2. The number of fused-ring (bicyclic) bond motifs is 14. The number of benzene rings is 1. The van der Waals surface area contributed by atoms with Crippen molar-refractivity contribution < 1.29 is 53.1 Å². The first-order chi connectivity index (χ1) is 22.9. The van der Waals surface area contributed by atoms with Crippen LogP contribution in [0.3, 0.4) is 0 Å². The van der Waals surface area contributed by atoms with Gasteiger partial charge in [0.15, 0.2) is 5.78 Å². The number of amides is 1. The summed E-state index contributed by atoms with van der Waals surface area (Å²) in [6.07, 6.45) is 4.74. The van der Waals surface area contributed by atoms with Crippen LogP contribution in [0.25, 0.3) is 0 Å². The van der Waals surface area contributed by atoms with E-state index in [-0.39, 0.29) is 33.7 Å². The van der Waals surface area contributed by atoms with E-state index in [1.165, 1.54) is 52.4 Å². The molecule has 3 N–H and O–H groups in total. The molecule has 0 spiro atoms. The number of hydrogen-bond acceptors (Lipinski definition) is 11. The van der Waals surface area contributed by atoms with Gasteiger partial charge in [0.2, 0.25) is 5.78 Å². The van der Waals surface area contributed by atoms with Crippen molar-refractivity contribution in [3.8, 4) is 5.75 Å². The van der Waals surface area contributed by atoms with Crippen molar-refractivity contribution in [3.63, 3.8) is 0 Å². The highest BCUT2D eigenvalue weighted by molar-refractivity contribution is 6.29. The van der Waals surface area contributed by atoms with Crippen molar-refractivity contribution in [2.45, 2.75) is 85.6 Å². The standard InChI is InChI=1S/C37H45NO11/c1-17-11-10-12-18(2)36(45)38-25-16-26(40)28-24(32(25)43)15-19(3)33-29(28)35(44)37(8,49-33)47-14-13-27(46-9)20(4)34(48-23(7)39)22(6)31(42)21(5)30(17)41/h10-17,20-22,27,30-31,34,41-42H,1-9H3,(H,38,45)/t17-,20+,21-,22+,27-,30+,31+,34-,37+/m0/s1. The van der Waals surface area contributed by atoms with E-state index in [1.807, 2.05) is 0 Å². The van der Waals surface area contributed by atoms with E-state index in [9.17, 15) is 34.2 Å². The van der Waals surface area contributed by atoms with Crippen LogP contribution in [-0.4, -0.2) is 76.8 Å². The van der Waals surface area contributed by atoms with Crippen LogP contribution in [0.5, 0.6) is 5.75 Å². The maximum absolute atomic E-state index is 13.8. The number of carbonyl (C=O) groups is 5. The van der Waals surface area contributed by atoms with Gasteiger partial charge in [0.05, 0.1) is 35.8 Å². The molecule has 49 heavy (non-hydrogen) atoms. The molecule has 1 aromatic carbocycles. The van der Waals surface area contributed by atoms with E-state index >= 15 is 0 Å². The summed E-state index contributed by atoms with van der Waals surface area (Å²) >= 11 is 0. The van der Waals surface area contributed by atoms with Gasteiger partial charge in [-0.3, -0.25) is 24.0 Å². The van der Waals surface area contributed by atoms with Gasteiger partial charge in [0.25, 0.3) is 11.7 Å². The number of aryl methyl sites for hydroxylation is 1. The van der Waals surface area contributed by atoms with E-state index < -0.39 is 83.1 Å². The summed E-state index contributed by atoms with van der Waals surface area (Å²) in [6, 6.07) is 1.44. The zero-order chi connectivity index (χ0) is 36.5. The van der Waals surface area contributed by atoms with E-state index in [4.69, 9.17) is 18.9 Å². The molecule has 5 bridgehead atoms. The number of esters is 1. The third kappa shape index (κ3) is 7.31. The number of carbonyl (C=O) groups excluding carboxylic acids is 5. The SMILES string of the molecule is CO[C@H]1C=CO[C@]2(C)Oc3c(C)cc4c(c3C2=O)C(=O)C=C(NC(=O)C(C)=CC=C[C@H](C)[C@@H](O)[C@H](C)[C@@H](O)[C@@H](C)[C@@H](OC(C)=O)[C@@H]1C)C4=O. The molecule has 3 heterocycles. The predicted molar refractivity (Wildman–Crippen MR) is 178 cm³/mol. The molecule has 264 valence electrons. The first kappa shape index (κ1) is 37.4. The number of Topliss-reactive ketones (excluding diaryl/α,β-unsaturated/α-hetero) is 2. The number of methoxy groups -OCH3 is 1. The molecule has 3 aliphatic heterocycles. The minimum absolute atomic E-state index is 0.0511. The van der Waals surface area contributed by atoms with Gasteiger partial charge in [-0.2, -0.15) is 0 Å². The van der Waals surface area contributed by atoms with Crippen molar-refractivity contribution in [1.82, 2.24) is 5.32 Å². The van der Waals surface area contributed by atoms with E-state index in [2.05, 4.69) is 5.32 Å². The molecule has 0 aromatic heterocycles. The van der Waals surface area contributed by atoms with Crippen LogP contribution >= 0.6 is 0 Å². The molecule has 1 aliphatic carbocycles. The number of ketones is 3. The highest BCUT2D eigenvalue weighted by Crippen LogP contribution is 2.43. The smallest absolute Gasteiger partial charge is 0.312 e. The summed E-state index contributed by atoms with van der Waals surface area (Å²) in [4.78, 5) is 66.1. The van der Waals surface area contributed by atoms with Gasteiger partial charge < -0.3 is 34.5 Å². The fraction of sp³-hybridized carbons (Fsp3) is 0.486. The lowest BCUT2D eigenvalue weighted by Gasteiger charge is -2.38. The molecule has 0 saturated carbocycles. The number of rotatable bonds is 2. The van der Waals surface area contributed by atoms with Crippen LogP contribution in [0.4, 0.5) is 0 Å². The number of allylic oxidation sites excluding steroid dienone is 4. The predicted octanol–water partition coefficient (Wildman–Crippen LogP) is 3.92. The normalized spacial score (nSPS) is 32.6. The number of nitrogens with one attached hydrogen (secondary N) is 1. The maximum Gasteiger partial charge on any atom is 0.312 e. The van der Waals surface area contributed by atoms with E-state index in [1.54, 1.807) is 46.8 Å². The maximum atomic E-state index is 13.8.